The Labute approximate surface area is 180 Å². The first-order chi connectivity index (χ1) is 14.3. The topological polar surface area (TPSA) is 42.5 Å². The van der Waals surface area contributed by atoms with Crippen LogP contribution >= 0.6 is 11.6 Å². The maximum atomic E-state index is 6.42. The highest BCUT2D eigenvalue weighted by atomic mass is 35.5. The van der Waals surface area contributed by atoms with Gasteiger partial charge in [0.05, 0.1) is 19.2 Å². The van der Waals surface area contributed by atoms with Crippen LogP contribution in [0.1, 0.15) is 36.8 Å². The number of benzene rings is 2. The third-order valence-electron chi connectivity index (χ3n) is 5.03. The molecule has 0 radical (unpaired) electrons. The Balaban J connectivity index is 1.45. The van der Waals surface area contributed by atoms with Gasteiger partial charge in [0.1, 0.15) is 0 Å². The highest BCUT2D eigenvalue weighted by Gasteiger charge is 2.12. The van der Waals surface area contributed by atoms with Crippen molar-refractivity contribution in [3.8, 4) is 11.5 Å². The lowest BCUT2D eigenvalue weighted by Crippen LogP contribution is -2.19. The molecule has 0 aliphatic rings. The molecule has 0 aliphatic heterocycles. The van der Waals surface area contributed by atoms with E-state index in [4.69, 9.17) is 21.1 Å². The van der Waals surface area contributed by atoms with Crippen molar-refractivity contribution >= 4 is 11.6 Å². The van der Waals surface area contributed by atoms with Gasteiger partial charge >= 0.3 is 0 Å². The van der Waals surface area contributed by atoms with Gasteiger partial charge in [-0.25, -0.2) is 0 Å². The summed E-state index contributed by atoms with van der Waals surface area (Å²) in [6, 6.07) is 14.6. The van der Waals surface area contributed by atoms with E-state index in [-0.39, 0.29) is 0 Å². The van der Waals surface area contributed by atoms with E-state index in [1.54, 1.807) is 14.2 Å². The summed E-state index contributed by atoms with van der Waals surface area (Å²) in [5.41, 5.74) is 2.49. The number of hydrogen-bond acceptors (Lipinski definition) is 4. The Morgan fingerprint density at radius 3 is 2.00 bits per heavy atom. The van der Waals surface area contributed by atoms with Crippen LogP contribution < -0.4 is 20.1 Å². The molecular formula is C24H35ClN2O2. The highest BCUT2D eigenvalue weighted by molar-refractivity contribution is 6.33. The summed E-state index contributed by atoms with van der Waals surface area (Å²) in [4.78, 5) is 0. The molecule has 160 valence electrons. The van der Waals surface area contributed by atoms with Crippen LogP contribution in [0.2, 0.25) is 5.02 Å². The number of halogens is 1. The van der Waals surface area contributed by atoms with E-state index < -0.39 is 0 Å². The monoisotopic (exact) mass is 418 g/mol. The molecule has 0 spiro atoms. The molecule has 4 nitrogen and oxygen atoms in total. The van der Waals surface area contributed by atoms with E-state index in [1.807, 2.05) is 12.1 Å². The Hall–Kier alpha value is -1.75. The Kier molecular flexibility index (Phi) is 11.6. The summed E-state index contributed by atoms with van der Waals surface area (Å²) in [6.45, 7) is 4.13. The summed E-state index contributed by atoms with van der Waals surface area (Å²) in [6.07, 6.45) is 6.99. The zero-order valence-electron chi connectivity index (χ0n) is 17.8. The van der Waals surface area contributed by atoms with E-state index in [1.165, 1.54) is 31.2 Å². The van der Waals surface area contributed by atoms with Crippen LogP contribution in [-0.4, -0.2) is 40.4 Å². The van der Waals surface area contributed by atoms with Crippen LogP contribution in [0.4, 0.5) is 0 Å². The summed E-state index contributed by atoms with van der Waals surface area (Å²) in [5.74, 6) is 1.29. The largest absolute Gasteiger partial charge is 0.493 e. The van der Waals surface area contributed by atoms with E-state index in [2.05, 4.69) is 41.0 Å². The molecule has 0 fully saturated rings. The fraction of sp³-hybridized carbons (Fsp3) is 0.500. The van der Waals surface area contributed by atoms with Gasteiger partial charge in [0.2, 0.25) is 0 Å². The third-order valence-corrected chi connectivity index (χ3v) is 5.44. The standard InChI is InChI=1S/C24H35ClN2O2/c1-28-22-13-12-21(23(25)24(22)29-2)15-19-27-17-9-4-3-8-16-26-18-14-20-10-6-5-7-11-20/h5-7,10-13,26-27H,3-4,8-9,14-19H2,1-2H3. The molecule has 2 N–H and O–H groups in total. The van der Waals surface area contributed by atoms with E-state index in [0.29, 0.717) is 16.5 Å². The summed E-state index contributed by atoms with van der Waals surface area (Å²) >= 11 is 6.42. The molecular weight excluding hydrogens is 384 g/mol. The Morgan fingerprint density at radius 2 is 1.38 bits per heavy atom. The maximum Gasteiger partial charge on any atom is 0.179 e. The van der Waals surface area contributed by atoms with Crippen molar-refractivity contribution in [3.63, 3.8) is 0 Å². The van der Waals surface area contributed by atoms with Gasteiger partial charge in [-0.1, -0.05) is 60.8 Å². The lowest BCUT2D eigenvalue weighted by atomic mass is 10.1. The van der Waals surface area contributed by atoms with Gasteiger partial charge in [-0.05, 0) is 69.1 Å². The second kappa shape index (κ2) is 14.3. The van der Waals surface area contributed by atoms with Crippen molar-refractivity contribution in [1.29, 1.82) is 0 Å². The smallest absolute Gasteiger partial charge is 0.179 e. The van der Waals surface area contributed by atoms with Crippen LogP contribution in [0.25, 0.3) is 0 Å². The maximum absolute atomic E-state index is 6.42. The van der Waals surface area contributed by atoms with Crippen LogP contribution in [0.5, 0.6) is 11.5 Å². The zero-order chi connectivity index (χ0) is 20.7. The van der Waals surface area contributed by atoms with Crippen LogP contribution in [-0.2, 0) is 12.8 Å². The molecule has 0 bridgehead atoms. The molecule has 2 rings (SSSR count). The molecule has 0 saturated carbocycles. The number of rotatable bonds is 15. The van der Waals surface area contributed by atoms with Gasteiger partial charge in [0.15, 0.2) is 11.5 Å². The number of ether oxygens (including phenoxy) is 2. The normalized spacial score (nSPS) is 10.9. The molecule has 0 aromatic heterocycles. The first-order valence-electron chi connectivity index (χ1n) is 10.6. The van der Waals surface area contributed by atoms with Crippen LogP contribution in [0.15, 0.2) is 42.5 Å². The summed E-state index contributed by atoms with van der Waals surface area (Å²) in [5, 5.41) is 7.70. The average Bonchev–Trinajstić information content (AvgIpc) is 2.75. The lowest BCUT2D eigenvalue weighted by molar-refractivity contribution is 0.354. The van der Waals surface area contributed by atoms with Gasteiger partial charge < -0.3 is 20.1 Å². The van der Waals surface area contributed by atoms with Crippen molar-refractivity contribution in [1.82, 2.24) is 10.6 Å². The molecule has 0 heterocycles. The van der Waals surface area contributed by atoms with Gasteiger partial charge in [0.25, 0.3) is 0 Å². The highest BCUT2D eigenvalue weighted by Crippen LogP contribution is 2.37. The molecule has 0 atom stereocenters. The SMILES string of the molecule is COc1ccc(CCNCCCCCCNCCc2ccccc2)c(Cl)c1OC. The van der Waals surface area contributed by atoms with Crippen molar-refractivity contribution in [2.24, 2.45) is 0 Å². The number of unbranched alkanes of at least 4 members (excludes halogenated alkanes) is 3. The van der Waals surface area contributed by atoms with Crippen molar-refractivity contribution in [2.45, 2.75) is 38.5 Å². The predicted molar refractivity (Wildman–Crippen MR) is 123 cm³/mol. The van der Waals surface area contributed by atoms with Gasteiger partial charge in [-0.15, -0.1) is 0 Å². The second-order valence-electron chi connectivity index (χ2n) is 7.17. The molecule has 2 aromatic rings. The van der Waals surface area contributed by atoms with E-state index in [0.717, 1.165) is 44.6 Å². The fourth-order valence-electron chi connectivity index (χ4n) is 3.33. The average molecular weight is 419 g/mol. The molecule has 5 heteroatoms. The van der Waals surface area contributed by atoms with Gasteiger partial charge in [-0.3, -0.25) is 0 Å². The van der Waals surface area contributed by atoms with Crippen molar-refractivity contribution in [3.05, 3.63) is 58.6 Å². The quantitative estimate of drug-likeness (QED) is 0.404. The molecule has 0 aliphatic carbocycles. The van der Waals surface area contributed by atoms with E-state index in [9.17, 15) is 0 Å². The Morgan fingerprint density at radius 1 is 0.724 bits per heavy atom. The van der Waals surface area contributed by atoms with Crippen LogP contribution in [0, 0.1) is 0 Å². The molecule has 2 aromatic carbocycles. The summed E-state index contributed by atoms with van der Waals surface area (Å²) in [7, 11) is 3.24. The zero-order valence-corrected chi connectivity index (χ0v) is 18.6. The van der Waals surface area contributed by atoms with Crippen molar-refractivity contribution in [2.75, 3.05) is 40.4 Å². The molecule has 29 heavy (non-hydrogen) atoms. The predicted octanol–water partition coefficient (Wildman–Crippen LogP) is 4.88. The fourth-order valence-corrected chi connectivity index (χ4v) is 3.65. The first kappa shape index (κ1) is 23.5. The Bertz CT molecular complexity index is 695. The molecule has 0 saturated heterocycles. The van der Waals surface area contributed by atoms with Gasteiger partial charge in [-0.2, -0.15) is 0 Å². The van der Waals surface area contributed by atoms with Crippen LogP contribution in [0.3, 0.4) is 0 Å². The number of nitrogens with one attached hydrogen (secondary N) is 2. The third kappa shape index (κ3) is 8.65. The minimum Gasteiger partial charge on any atom is -0.493 e. The molecule has 0 unspecified atom stereocenters. The number of methoxy groups -OCH3 is 2. The van der Waals surface area contributed by atoms with Gasteiger partial charge in [0, 0.05) is 0 Å². The minimum absolute atomic E-state index is 0.615. The summed E-state index contributed by atoms with van der Waals surface area (Å²) < 4.78 is 10.6. The number of hydrogen-bond donors (Lipinski definition) is 2. The molecule has 0 amide bonds. The lowest BCUT2D eigenvalue weighted by Gasteiger charge is -2.13. The van der Waals surface area contributed by atoms with Crippen molar-refractivity contribution < 1.29 is 9.47 Å². The minimum atomic E-state index is 0.615. The second-order valence-corrected chi connectivity index (χ2v) is 7.55. The first-order valence-corrected chi connectivity index (χ1v) is 11.0. The van der Waals surface area contributed by atoms with E-state index >= 15 is 0 Å².